The molecule has 1 aromatic carbocycles. The van der Waals surface area contributed by atoms with Gasteiger partial charge in [-0.05, 0) is 24.6 Å². The van der Waals surface area contributed by atoms with Gasteiger partial charge >= 0.3 is 5.97 Å². The van der Waals surface area contributed by atoms with E-state index in [9.17, 15) is 14.7 Å². The Morgan fingerprint density at radius 3 is 2.47 bits per heavy atom. The van der Waals surface area contributed by atoms with Crippen molar-refractivity contribution in [3.63, 3.8) is 0 Å². The molecule has 0 saturated carbocycles. The fourth-order valence-corrected chi connectivity index (χ4v) is 1.69. The topological polar surface area (TPSA) is 98.7 Å². The molecule has 1 fully saturated rings. The summed E-state index contributed by atoms with van der Waals surface area (Å²) in [5, 5.41) is 24.0. The molecule has 4 N–H and O–H groups in total. The lowest BCUT2D eigenvalue weighted by molar-refractivity contribution is -0.112. The first-order valence-electron chi connectivity index (χ1n) is 5.76. The van der Waals surface area contributed by atoms with E-state index in [1.165, 1.54) is 18.2 Å². The van der Waals surface area contributed by atoms with Crippen LogP contribution in [0.2, 0.25) is 0 Å². The number of phenols is 1. The molecule has 1 heterocycles. The second-order valence-corrected chi connectivity index (χ2v) is 4.32. The van der Waals surface area contributed by atoms with Gasteiger partial charge in [0.05, 0.1) is 0 Å². The van der Waals surface area contributed by atoms with Gasteiger partial charge in [0, 0.05) is 30.4 Å². The first kappa shape index (κ1) is 13.1. The summed E-state index contributed by atoms with van der Waals surface area (Å²) in [5.74, 6) is -1.84. The first-order valence-corrected chi connectivity index (χ1v) is 5.76. The highest BCUT2D eigenvalue weighted by molar-refractivity contribution is 6.04. The van der Waals surface area contributed by atoms with Crippen molar-refractivity contribution in [3.8, 4) is 5.75 Å². The highest BCUT2D eigenvalue weighted by Gasteiger charge is 2.17. The summed E-state index contributed by atoms with van der Waals surface area (Å²) in [6.07, 6.45) is 0. The maximum atomic E-state index is 11.9. The smallest absolute Gasteiger partial charge is 0.339 e. The van der Waals surface area contributed by atoms with Crippen LogP contribution >= 0.6 is 0 Å². The number of carbonyl (C=O) groups is 2. The molecule has 0 bridgehead atoms. The Morgan fingerprint density at radius 1 is 1.32 bits per heavy atom. The minimum absolute atomic E-state index is 0.198. The number of aromatic carboxylic acids is 1. The Morgan fingerprint density at radius 2 is 2.00 bits per heavy atom. The first-order chi connectivity index (χ1) is 8.99. The minimum atomic E-state index is -1.21. The van der Waals surface area contributed by atoms with Gasteiger partial charge in [0.1, 0.15) is 11.3 Å². The van der Waals surface area contributed by atoms with E-state index in [0.29, 0.717) is 24.4 Å². The van der Waals surface area contributed by atoms with Crippen LogP contribution in [0.25, 0.3) is 0 Å². The Kier molecular flexibility index (Phi) is 3.52. The number of rotatable bonds is 3. The average Bonchev–Trinajstić information content (AvgIpc) is 2.25. The van der Waals surface area contributed by atoms with Gasteiger partial charge in [0.25, 0.3) is 5.91 Å². The Labute approximate surface area is 109 Å². The van der Waals surface area contributed by atoms with Crippen LogP contribution in [0.1, 0.15) is 17.3 Å². The monoisotopic (exact) mass is 262 g/mol. The molecule has 6 heteroatoms. The molecular weight excluding hydrogens is 248 g/mol. The van der Waals surface area contributed by atoms with Crippen molar-refractivity contribution in [2.45, 2.75) is 6.92 Å². The zero-order valence-corrected chi connectivity index (χ0v) is 10.4. The zero-order chi connectivity index (χ0) is 14.0. The number of anilines is 1. The molecule has 1 aliphatic heterocycles. The quantitative estimate of drug-likeness (QED) is 0.608. The lowest BCUT2D eigenvalue weighted by Gasteiger charge is -2.21. The number of carboxylic acids is 1. The Bertz CT molecular complexity index is 572. The minimum Gasteiger partial charge on any atom is -0.507 e. The van der Waals surface area contributed by atoms with Crippen LogP contribution in [0.5, 0.6) is 5.75 Å². The van der Waals surface area contributed by atoms with Crippen LogP contribution in [-0.4, -0.2) is 35.2 Å². The van der Waals surface area contributed by atoms with E-state index in [-0.39, 0.29) is 17.2 Å². The van der Waals surface area contributed by atoms with E-state index in [2.05, 4.69) is 10.6 Å². The highest BCUT2D eigenvalue weighted by atomic mass is 16.4. The maximum absolute atomic E-state index is 11.9. The third-order valence-corrected chi connectivity index (χ3v) is 3.03. The molecule has 19 heavy (non-hydrogen) atoms. The summed E-state index contributed by atoms with van der Waals surface area (Å²) in [7, 11) is 0. The average molecular weight is 262 g/mol. The third-order valence-electron chi connectivity index (χ3n) is 3.03. The van der Waals surface area contributed by atoms with E-state index >= 15 is 0 Å². The van der Waals surface area contributed by atoms with Crippen LogP contribution in [0.4, 0.5) is 5.69 Å². The molecule has 1 saturated heterocycles. The van der Waals surface area contributed by atoms with Crippen molar-refractivity contribution in [3.05, 3.63) is 34.9 Å². The van der Waals surface area contributed by atoms with Crippen molar-refractivity contribution in [2.24, 2.45) is 0 Å². The third kappa shape index (κ3) is 2.74. The molecule has 0 aliphatic carbocycles. The van der Waals surface area contributed by atoms with Crippen LogP contribution in [0.15, 0.2) is 29.3 Å². The summed E-state index contributed by atoms with van der Waals surface area (Å²) < 4.78 is 0. The molecule has 1 amide bonds. The molecule has 0 spiro atoms. The summed E-state index contributed by atoms with van der Waals surface area (Å²) in [6, 6.07) is 3.91. The number of carbonyl (C=O) groups excluding carboxylic acids is 1. The maximum Gasteiger partial charge on any atom is 0.339 e. The molecule has 100 valence electrons. The summed E-state index contributed by atoms with van der Waals surface area (Å²) in [6.45, 7) is 3.15. The predicted octanol–water partition coefficient (Wildman–Crippen LogP) is 0.949. The van der Waals surface area contributed by atoms with Gasteiger partial charge < -0.3 is 20.8 Å². The molecular formula is C13H14N2O4. The van der Waals surface area contributed by atoms with Crippen LogP contribution in [0, 0.1) is 0 Å². The van der Waals surface area contributed by atoms with Gasteiger partial charge in [-0.1, -0.05) is 0 Å². The molecule has 2 rings (SSSR count). The van der Waals surface area contributed by atoms with Crippen molar-refractivity contribution in [1.82, 2.24) is 5.32 Å². The zero-order valence-electron chi connectivity index (χ0n) is 10.4. The summed E-state index contributed by atoms with van der Waals surface area (Å²) >= 11 is 0. The van der Waals surface area contributed by atoms with E-state index in [1.807, 2.05) is 0 Å². The Balaban J connectivity index is 2.13. The number of nitrogens with one attached hydrogen (secondary N) is 2. The van der Waals surface area contributed by atoms with Gasteiger partial charge in [-0.2, -0.15) is 0 Å². The number of hydrogen-bond donors (Lipinski definition) is 4. The number of amides is 1. The number of carboxylic acid groups (broad SMARTS) is 1. The van der Waals surface area contributed by atoms with Gasteiger partial charge in [0.2, 0.25) is 0 Å². The van der Waals surface area contributed by atoms with Crippen molar-refractivity contribution in [1.29, 1.82) is 0 Å². The number of hydrogen-bond acceptors (Lipinski definition) is 4. The van der Waals surface area contributed by atoms with Gasteiger partial charge in [0.15, 0.2) is 0 Å². The van der Waals surface area contributed by atoms with Crippen LogP contribution in [0.3, 0.4) is 0 Å². The molecule has 1 aliphatic rings. The number of aromatic hydroxyl groups is 1. The molecule has 6 nitrogen and oxygen atoms in total. The fourth-order valence-electron chi connectivity index (χ4n) is 1.69. The molecule has 1 aromatic rings. The highest BCUT2D eigenvalue weighted by Crippen LogP contribution is 2.22. The second kappa shape index (κ2) is 5.11. The summed E-state index contributed by atoms with van der Waals surface area (Å²) in [5.41, 5.74) is 1.85. The van der Waals surface area contributed by atoms with Crippen molar-refractivity contribution < 1.29 is 19.8 Å². The fraction of sp³-hybridized carbons (Fsp3) is 0.231. The number of benzene rings is 1. The van der Waals surface area contributed by atoms with Crippen molar-refractivity contribution >= 4 is 17.6 Å². The molecule has 0 aromatic heterocycles. The van der Waals surface area contributed by atoms with E-state index in [0.717, 1.165) is 5.57 Å². The van der Waals surface area contributed by atoms with Crippen LogP contribution < -0.4 is 10.6 Å². The van der Waals surface area contributed by atoms with Gasteiger partial charge in [-0.15, -0.1) is 0 Å². The lowest BCUT2D eigenvalue weighted by Crippen LogP contribution is -2.36. The van der Waals surface area contributed by atoms with Crippen molar-refractivity contribution in [2.75, 3.05) is 18.4 Å². The molecule has 0 radical (unpaired) electrons. The van der Waals surface area contributed by atoms with E-state index in [4.69, 9.17) is 5.11 Å². The lowest BCUT2D eigenvalue weighted by atomic mass is 10.0. The largest absolute Gasteiger partial charge is 0.507 e. The van der Waals surface area contributed by atoms with E-state index in [1.54, 1.807) is 6.92 Å². The van der Waals surface area contributed by atoms with E-state index < -0.39 is 5.97 Å². The second-order valence-electron chi connectivity index (χ2n) is 4.32. The SMILES string of the molecule is CC(C(=O)Nc1ccc(C(=O)O)c(O)c1)=C1CNC1. The summed E-state index contributed by atoms with van der Waals surface area (Å²) in [4.78, 5) is 22.6. The standard InChI is InChI=1S/C13H14N2O4/c1-7(8-5-14-6-8)12(17)15-9-2-3-10(13(18)19)11(16)4-9/h2-4,14,16H,5-6H2,1H3,(H,15,17)(H,18,19). The van der Waals surface area contributed by atoms with Gasteiger partial charge in [-0.3, -0.25) is 4.79 Å². The molecule has 0 unspecified atom stereocenters. The predicted molar refractivity (Wildman–Crippen MR) is 69.3 cm³/mol. The van der Waals surface area contributed by atoms with Gasteiger partial charge in [-0.25, -0.2) is 4.79 Å². The normalized spacial score (nSPS) is 13.6. The van der Waals surface area contributed by atoms with Crippen LogP contribution in [-0.2, 0) is 4.79 Å². The molecule has 0 atom stereocenters. The Hall–Kier alpha value is -2.34.